The van der Waals surface area contributed by atoms with E-state index in [0.29, 0.717) is 43.1 Å². The van der Waals surface area contributed by atoms with Gasteiger partial charge in [-0.2, -0.15) is 0 Å². The number of aryl methyl sites for hydroxylation is 1. The summed E-state index contributed by atoms with van der Waals surface area (Å²) in [6, 6.07) is 20.8. The van der Waals surface area contributed by atoms with Gasteiger partial charge >= 0.3 is 0 Å². The summed E-state index contributed by atoms with van der Waals surface area (Å²) in [5.41, 5.74) is 4.71. The number of ether oxygens (including phenoxy) is 1. The maximum Gasteiger partial charge on any atom is 0.268 e. The van der Waals surface area contributed by atoms with Crippen LogP contribution in [-0.2, 0) is 26.1 Å². The van der Waals surface area contributed by atoms with Crippen LogP contribution in [0.4, 0.5) is 0 Å². The van der Waals surface area contributed by atoms with Crippen LogP contribution in [0.15, 0.2) is 66.7 Å². The van der Waals surface area contributed by atoms with E-state index in [1.807, 2.05) is 48.7 Å². The van der Waals surface area contributed by atoms with E-state index in [9.17, 15) is 20.1 Å². The molecule has 212 valence electrons. The number of aromatic hydroxyl groups is 1. The number of phenols is 1. The van der Waals surface area contributed by atoms with Crippen LogP contribution >= 0.6 is 0 Å². The molecule has 4 rings (SSSR count). The number of benzene rings is 3. The Morgan fingerprint density at radius 1 is 1.02 bits per heavy atom. The van der Waals surface area contributed by atoms with E-state index in [4.69, 9.17) is 4.74 Å². The summed E-state index contributed by atoms with van der Waals surface area (Å²) < 4.78 is 7.71. The first-order valence-corrected chi connectivity index (χ1v) is 13.8. The van der Waals surface area contributed by atoms with Crippen LogP contribution in [0.3, 0.4) is 0 Å². The lowest BCUT2D eigenvalue weighted by Gasteiger charge is -2.18. The summed E-state index contributed by atoms with van der Waals surface area (Å²) in [6.45, 7) is 7.70. The van der Waals surface area contributed by atoms with Crippen LogP contribution in [-0.4, -0.2) is 45.0 Å². The molecule has 0 fully saturated rings. The van der Waals surface area contributed by atoms with Crippen molar-refractivity contribution in [2.24, 2.45) is 0 Å². The minimum absolute atomic E-state index is 0.0135. The van der Waals surface area contributed by atoms with Gasteiger partial charge in [0.15, 0.2) is 0 Å². The number of aliphatic hydroxyl groups is 2. The smallest absolute Gasteiger partial charge is 0.268 e. The van der Waals surface area contributed by atoms with Crippen molar-refractivity contribution in [1.82, 2.24) is 15.2 Å². The van der Waals surface area contributed by atoms with E-state index in [0.717, 1.165) is 34.2 Å². The molecule has 40 heavy (non-hydrogen) atoms. The van der Waals surface area contributed by atoms with E-state index >= 15 is 0 Å². The lowest BCUT2D eigenvalue weighted by molar-refractivity contribution is 0.0942. The van der Waals surface area contributed by atoms with Crippen LogP contribution < -0.4 is 15.4 Å². The standard InChI is InChI=1S/C32H39N3O5/c1-4-35-27-12-10-22(14-21(3)33-19-30(38)23-11-13-29(37)26(16-23)20-36)15-25(27)17-28(35)32(39)34-18-24-8-6-7-9-31(24)40-5-2/h6-13,15-17,21,30,33,36-38H,4-5,14,18-20H2,1-3H3,(H,34,39)/t21-,30+/m1/s1. The molecule has 2 atom stereocenters. The Morgan fingerprint density at radius 3 is 2.58 bits per heavy atom. The third-order valence-electron chi connectivity index (χ3n) is 7.09. The lowest BCUT2D eigenvalue weighted by atomic mass is 10.0. The average molecular weight is 546 g/mol. The quantitative estimate of drug-likeness (QED) is 0.170. The second-order valence-corrected chi connectivity index (χ2v) is 9.97. The fourth-order valence-electron chi connectivity index (χ4n) is 4.98. The van der Waals surface area contributed by atoms with E-state index in [1.54, 1.807) is 12.1 Å². The van der Waals surface area contributed by atoms with E-state index < -0.39 is 6.10 Å². The molecule has 3 aromatic carbocycles. The second kappa shape index (κ2) is 13.5. The van der Waals surface area contributed by atoms with Gasteiger partial charge in [0.2, 0.25) is 0 Å². The van der Waals surface area contributed by atoms with Crippen molar-refractivity contribution in [3.63, 3.8) is 0 Å². The molecule has 0 aliphatic heterocycles. The summed E-state index contributed by atoms with van der Waals surface area (Å²) in [5.74, 6) is 0.660. The van der Waals surface area contributed by atoms with Crippen LogP contribution in [0.5, 0.6) is 11.5 Å². The van der Waals surface area contributed by atoms with Gasteiger partial charge in [-0.3, -0.25) is 4.79 Å². The largest absolute Gasteiger partial charge is 0.508 e. The van der Waals surface area contributed by atoms with Crippen LogP contribution in [0.1, 0.15) is 59.6 Å². The zero-order valence-corrected chi connectivity index (χ0v) is 23.4. The zero-order valence-electron chi connectivity index (χ0n) is 23.4. The SMILES string of the molecule is CCOc1ccccc1CNC(=O)c1cc2cc(C[C@@H](C)NC[C@H](O)c3ccc(O)c(CO)c3)ccc2n1CC. The van der Waals surface area contributed by atoms with Gasteiger partial charge in [-0.15, -0.1) is 0 Å². The molecule has 8 heteroatoms. The van der Waals surface area contributed by atoms with Gasteiger partial charge < -0.3 is 35.3 Å². The monoisotopic (exact) mass is 545 g/mol. The van der Waals surface area contributed by atoms with Crippen molar-refractivity contribution in [2.75, 3.05) is 13.2 Å². The number of rotatable bonds is 13. The molecule has 0 saturated heterocycles. The van der Waals surface area contributed by atoms with Crippen molar-refractivity contribution in [1.29, 1.82) is 0 Å². The highest BCUT2D eigenvalue weighted by Gasteiger charge is 2.17. The molecule has 4 aromatic rings. The number of hydrogen-bond donors (Lipinski definition) is 5. The Labute approximate surface area is 235 Å². The summed E-state index contributed by atoms with van der Waals surface area (Å²) in [4.78, 5) is 13.2. The molecule has 0 radical (unpaired) electrons. The topological polar surface area (TPSA) is 116 Å². The van der Waals surface area contributed by atoms with Crippen LogP contribution in [0, 0.1) is 0 Å². The highest BCUT2D eigenvalue weighted by molar-refractivity contribution is 5.99. The molecule has 8 nitrogen and oxygen atoms in total. The predicted octanol–water partition coefficient (Wildman–Crippen LogP) is 4.44. The van der Waals surface area contributed by atoms with Crippen LogP contribution in [0.2, 0.25) is 0 Å². The Bertz CT molecular complexity index is 1450. The van der Waals surface area contributed by atoms with Gasteiger partial charge in [0, 0.05) is 47.7 Å². The Balaban J connectivity index is 1.40. The number of para-hydroxylation sites is 1. The molecular formula is C32H39N3O5. The first kappa shape index (κ1) is 29.1. The lowest BCUT2D eigenvalue weighted by Crippen LogP contribution is -2.32. The Kier molecular flexibility index (Phi) is 9.82. The van der Waals surface area contributed by atoms with Gasteiger partial charge in [-0.1, -0.05) is 30.3 Å². The number of fused-ring (bicyclic) bond motifs is 1. The third-order valence-corrected chi connectivity index (χ3v) is 7.09. The normalized spacial score (nSPS) is 12.8. The maximum atomic E-state index is 13.2. The summed E-state index contributed by atoms with van der Waals surface area (Å²) >= 11 is 0. The van der Waals surface area contributed by atoms with Crippen LogP contribution in [0.25, 0.3) is 10.9 Å². The summed E-state index contributed by atoms with van der Waals surface area (Å²) in [5, 5.41) is 37.1. The van der Waals surface area contributed by atoms with Crippen molar-refractivity contribution in [2.45, 2.75) is 59.0 Å². The maximum absolute atomic E-state index is 13.2. The van der Waals surface area contributed by atoms with E-state index in [-0.39, 0.29) is 24.3 Å². The van der Waals surface area contributed by atoms with Crippen molar-refractivity contribution < 1.29 is 24.9 Å². The highest BCUT2D eigenvalue weighted by atomic mass is 16.5. The number of nitrogens with one attached hydrogen (secondary N) is 2. The molecule has 0 spiro atoms. The minimum Gasteiger partial charge on any atom is -0.508 e. The van der Waals surface area contributed by atoms with Gasteiger partial charge in [-0.25, -0.2) is 0 Å². The number of carbonyl (C=O) groups excluding carboxylic acids is 1. The first-order valence-electron chi connectivity index (χ1n) is 13.8. The van der Waals surface area contributed by atoms with Crippen molar-refractivity contribution in [3.8, 4) is 11.5 Å². The molecule has 0 saturated carbocycles. The van der Waals surface area contributed by atoms with Gasteiger partial charge in [-0.05, 0) is 74.7 Å². The Hall–Kier alpha value is -3.85. The predicted molar refractivity (Wildman–Crippen MR) is 157 cm³/mol. The van der Waals surface area contributed by atoms with Gasteiger partial charge in [0.25, 0.3) is 5.91 Å². The second-order valence-electron chi connectivity index (χ2n) is 9.97. The molecule has 0 aliphatic carbocycles. The number of aliphatic hydroxyl groups excluding tert-OH is 2. The minimum atomic E-state index is -0.768. The number of carbonyl (C=O) groups is 1. The molecule has 0 bridgehead atoms. The van der Waals surface area contributed by atoms with Gasteiger partial charge in [0.1, 0.15) is 17.2 Å². The molecule has 1 amide bonds. The Morgan fingerprint density at radius 2 is 1.82 bits per heavy atom. The molecule has 0 unspecified atom stereocenters. The van der Waals surface area contributed by atoms with E-state index in [1.165, 1.54) is 6.07 Å². The van der Waals surface area contributed by atoms with Gasteiger partial charge in [0.05, 0.1) is 19.3 Å². The van der Waals surface area contributed by atoms with Crippen molar-refractivity contribution in [3.05, 3.63) is 94.7 Å². The summed E-state index contributed by atoms with van der Waals surface area (Å²) in [7, 11) is 0. The first-order chi connectivity index (χ1) is 19.3. The molecule has 5 N–H and O–H groups in total. The highest BCUT2D eigenvalue weighted by Crippen LogP contribution is 2.24. The number of aromatic nitrogens is 1. The molecular weight excluding hydrogens is 506 g/mol. The average Bonchev–Trinajstić information content (AvgIpc) is 3.33. The molecule has 0 aliphatic rings. The van der Waals surface area contributed by atoms with Crippen molar-refractivity contribution >= 4 is 16.8 Å². The number of nitrogens with zero attached hydrogens (tertiary/aromatic N) is 1. The van der Waals surface area contributed by atoms with E-state index in [2.05, 4.69) is 35.8 Å². The number of amides is 1. The fraction of sp³-hybridized carbons (Fsp3) is 0.344. The number of hydrogen-bond acceptors (Lipinski definition) is 6. The zero-order chi connectivity index (χ0) is 28.6. The fourth-order valence-corrected chi connectivity index (χ4v) is 4.98. The summed E-state index contributed by atoms with van der Waals surface area (Å²) in [6.07, 6.45) is -0.0244. The third kappa shape index (κ3) is 6.83. The molecule has 1 heterocycles. The molecule has 1 aromatic heterocycles.